The quantitative estimate of drug-likeness (QED) is 0.504. The van der Waals surface area contributed by atoms with Crippen LogP contribution in [0.3, 0.4) is 0 Å². The number of piperazine rings is 1. The molecule has 0 bridgehead atoms. The average Bonchev–Trinajstić information content (AvgIpc) is 2.80. The molecule has 0 saturated carbocycles. The van der Waals surface area contributed by atoms with Crippen molar-refractivity contribution in [2.24, 2.45) is 0 Å². The Balaban J connectivity index is 1.33. The monoisotopic (exact) mass is 454 g/mol. The molecule has 0 unspecified atom stereocenters. The number of halogens is 1. The standard InChI is InChI=1S/C23H23ClN4O2S/c1-17-5-2-3-8-20(17)30-22-23(26-10-9-25-22)31-16-21(29)28-13-11-27(12-14-28)19-7-4-6-18(24)15-19/h2-10,15H,11-14,16H2,1H3. The minimum absolute atomic E-state index is 0.0863. The van der Waals surface area contributed by atoms with Crippen molar-refractivity contribution in [3.63, 3.8) is 0 Å². The molecular formula is C23H23ClN4O2S. The molecule has 4 rings (SSSR count). The summed E-state index contributed by atoms with van der Waals surface area (Å²) in [6.45, 7) is 4.90. The van der Waals surface area contributed by atoms with Gasteiger partial charge in [-0.25, -0.2) is 9.97 Å². The minimum atomic E-state index is 0.0863. The van der Waals surface area contributed by atoms with Crippen molar-refractivity contribution < 1.29 is 9.53 Å². The molecule has 0 atom stereocenters. The number of nitrogens with zero attached hydrogens (tertiary/aromatic N) is 4. The third-order valence-electron chi connectivity index (χ3n) is 5.07. The molecule has 0 spiro atoms. The number of amides is 1. The van der Waals surface area contributed by atoms with Gasteiger partial charge in [-0.05, 0) is 36.8 Å². The van der Waals surface area contributed by atoms with Gasteiger partial charge in [-0.15, -0.1) is 0 Å². The van der Waals surface area contributed by atoms with Gasteiger partial charge in [0, 0.05) is 49.3 Å². The zero-order chi connectivity index (χ0) is 21.6. The summed E-state index contributed by atoms with van der Waals surface area (Å²) in [7, 11) is 0. The number of carbonyl (C=O) groups is 1. The fourth-order valence-corrected chi connectivity index (χ4v) is 4.35. The molecule has 0 radical (unpaired) electrons. The van der Waals surface area contributed by atoms with Gasteiger partial charge in [0.15, 0.2) is 5.03 Å². The van der Waals surface area contributed by atoms with Crippen molar-refractivity contribution in [1.82, 2.24) is 14.9 Å². The maximum atomic E-state index is 12.8. The van der Waals surface area contributed by atoms with Crippen LogP contribution in [0.1, 0.15) is 5.56 Å². The Kier molecular flexibility index (Phi) is 6.94. The predicted octanol–water partition coefficient (Wildman–Crippen LogP) is 4.67. The third kappa shape index (κ3) is 5.48. The predicted molar refractivity (Wildman–Crippen MR) is 124 cm³/mol. The summed E-state index contributed by atoms with van der Waals surface area (Å²) in [5.74, 6) is 1.52. The van der Waals surface area contributed by atoms with Crippen molar-refractivity contribution in [1.29, 1.82) is 0 Å². The van der Waals surface area contributed by atoms with E-state index in [1.54, 1.807) is 12.4 Å². The van der Waals surface area contributed by atoms with Gasteiger partial charge in [0.05, 0.1) is 5.75 Å². The highest BCUT2D eigenvalue weighted by Crippen LogP contribution is 2.30. The summed E-state index contributed by atoms with van der Waals surface area (Å²) in [6, 6.07) is 15.6. The van der Waals surface area contributed by atoms with Crippen LogP contribution in [0.25, 0.3) is 0 Å². The molecule has 0 aliphatic carbocycles. The van der Waals surface area contributed by atoms with E-state index in [1.807, 2.05) is 60.4 Å². The lowest BCUT2D eigenvalue weighted by Gasteiger charge is -2.36. The van der Waals surface area contributed by atoms with Crippen LogP contribution in [0.5, 0.6) is 11.6 Å². The fraction of sp³-hybridized carbons (Fsp3) is 0.261. The van der Waals surface area contributed by atoms with Crippen LogP contribution in [0, 0.1) is 6.92 Å². The van der Waals surface area contributed by atoms with Crippen LogP contribution in [0.4, 0.5) is 5.69 Å². The maximum absolute atomic E-state index is 12.8. The Morgan fingerprint density at radius 1 is 1.06 bits per heavy atom. The Labute approximate surface area is 191 Å². The van der Waals surface area contributed by atoms with Gasteiger partial charge in [0.2, 0.25) is 5.91 Å². The van der Waals surface area contributed by atoms with Gasteiger partial charge in [-0.2, -0.15) is 0 Å². The first-order valence-electron chi connectivity index (χ1n) is 10.1. The zero-order valence-electron chi connectivity index (χ0n) is 17.2. The SMILES string of the molecule is Cc1ccccc1Oc1nccnc1SCC(=O)N1CCN(c2cccc(Cl)c2)CC1. The molecule has 1 amide bonds. The normalized spacial score (nSPS) is 13.9. The summed E-state index contributed by atoms with van der Waals surface area (Å²) >= 11 is 7.45. The Morgan fingerprint density at radius 2 is 1.84 bits per heavy atom. The van der Waals surface area contributed by atoms with E-state index >= 15 is 0 Å². The van der Waals surface area contributed by atoms with Crippen molar-refractivity contribution in [3.8, 4) is 11.6 Å². The van der Waals surface area contributed by atoms with E-state index in [0.29, 0.717) is 29.7 Å². The molecule has 3 aromatic rings. The highest BCUT2D eigenvalue weighted by atomic mass is 35.5. The van der Waals surface area contributed by atoms with Crippen LogP contribution < -0.4 is 9.64 Å². The second-order valence-electron chi connectivity index (χ2n) is 7.17. The molecule has 6 nitrogen and oxygen atoms in total. The molecular weight excluding hydrogens is 432 g/mol. The minimum Gasteiger partial charge on any atom is -0.436 e. The van der Waals surface area contributed by atoms with Crippen LogP contribution in [0.15, 0.2) is 66.0 Å². The molecule has 1 aliphatic rings. The van der Waals surface area contributed by atoms with Crippen LogP contribution >= 0.6 is 23.4 Å². The van der Waals surface area contributed by atoms with E-state index in [2.05, 4.69) is 14.9 Å². The lowest BCUT2D eigenvalue weighted by atomic mass is 10.2. The van der Waals surface area contributed by atoms with E-state index in [9.17, 15) is 4.79 Å². The van der Waals surface area contributed by atoms with Crippen LogP contribution in [-0.4, -0.2) is 52.7 Å². The summed E-state index contributed by atoms with van der Waals surface area (Å²) in [5, 5.41) is 1.33. The van der Waals surface area contributed by atoms with Gasteiger partial charge >= 0.3 is 0 Å². The van der Waals surface area contributed by atoms with E-state index < -0.39 is 0 Å². The van der Waals surface area contributed by atoms with Crippen molar-refractivity contribution in [2.75, 3.05) is 36.8 Å². The first-order valence-corrected chi connectivity index (χ1v) is 11.4. The molecule has 160 valence electrons. The molecule has 1 aromatic heterocycles. The molecule has 2 aromatic carbocycles. The number of aromatic nitrogens is 2. The van der Waals surface area contributed by atoms with Crippen molar-refractivity contribution in [2.45, 2.75) is 11.9 Å². The number of ether oxygens (including phenoxy) is 1. The first kappa shape index (κ1) is 21.5. The zero-order valence-corrected chi connectivity index (χ0v) is 18.8. The van der Waals surface area contributed by atoms with E-state index in [4.69, 9.17) is 16.3 Å². The molecule has 1 fully saturated rings. The fourth-order valence-electron chi connectivity index (χ4n) is 3.36. The Hall–Kier alpha value is -2.77. The molecule has 1 aliphatic heterocycles. The highest BCUT2D eigenvalue weighted by molar-refractivity contribution is 8.00. The van der Waals surface area contributed by atoms with Crippen molar-refractivity contribution in [3.05, 3.63) is 71.5 Å². The highest BCUT2D eigenvalue weighted by Gasteiger charge is 2.22. The average molecular weight is 455 g/mol. The largest absolute Gasteiger partial charge is 0.436 e. The summed E-state index contributed by atoms with van der Waals surface area (Å²) < 4.78 is 5.95. The van der Waals surface area contributed by atoms with E-state index in [1.165, 1.54) is 11.8 Å². The Bertz CT molecular complexity index is 1060. The van der Waals surface area contributed by atoms with Gasteiger partial charge in [-0.3, -0.25) is 4.79 Å². The maximum Gasteiger partial charge on any atom is 0.252 e. The Morgan fingerprint density at radius 3 is 2.61 bits per heavy atom. The van der Waals surface area contributed by atoms with Gasteiger partial charge in [0.25, 0.3) is 5.88 Å². The lowest BCUT2D eigenvalue weighted by molar-refractivity contribution is -0.128. The summed E-state index contributed by atoms with van der Waals surface area (Å²) in [4.78, 5) is 25.6. The number of aryl methyl sites for hydroxylation is 1. The number of anilines is 1. The lowest BCUT2D eigenvalue weighted by Crippen LogP contribution is -2.49. The summed E-state index contributed by atoms with van der Waals surface area (Å²) in [5.41, 5.74) is 2.10. The molecule has 1 saturated heterocycles. The topological polar surface area (TPSA) is 58.6 Å². The smallest absolute Gasteiger partial charge is 0.252 e. The van der Waals surface area contributed by atoms with E-state index in [0.717, 1.165) is 35.1 Å². The molecule has 2 heterocycles. The summed E-state index contributed by atoms with van der Waals surface area (Å²) in [6.07, 6.45) is 3.20. The molecule has 8 heteroatoms. The van der Waals surface area contributed by atoms with Crippen LogP contribution in [0.2, 0.25) is 5.02 Å². The number of rotatable bonds is 6. The van der Waals surface area contributed by atoms with Crippen LogP contribution in [-0.2, 0) is 4.79 Å². The molecule has 0 N–H and O–H groups in total. The van der Waals surface area contributed by atoms with Gasteiger partial charge < -0.3 is 14.5 Å². The van der Waals surface area contributed by atoms with Crippen molar-refractivity contribution >= 4 is 35.0 Å². The second kappa shape index (κ2) is 10.0. The second-order valence-corrected chi connectivity index (χ2v) is 8.57. The number of benzene rings is 2. The molecule has 31 heavy (non-hydrogen) atoms. The van der Waals surface area contributed by atoms with Gasteiger partial charge in [-0.1, -0.05) is 47.6 Å². The van der Waals surface area contributed by atoms with Gasteiger partial charge in [0.1, 0.15) is 5.75 Å². The van der Waals surface area contributed by atoms with E-state index in [-0.39, 0.29) is 5.91 Å². The number of hydrogen-bond donors (Lipinski definition) is 0. The third-order valence-corrected chi connectivity index (χ3v) is 6.25. The number of thioether (sulfide) groups is 1. The number of para-hydroxylation sites is 1. The number of carbonyl (C=O) groups excluding carboxylic acids is 1. The first-order chi connectivity index (χ1) is 15.1. The number of hydrogen-bond acceptors (Lipinski definition) is 6.